The molecular formula is C16H13N3O2. The first-order valence-electron chi connectivity index (χ1n) is 6.45. The summed E-state index contributed by atoms with van der Waals surface area (Å²) in [6, 6.07) is 12.2. The molecule has 5 nitrogen and oxygen atoms in total. The minimum Gasteiger partial charge on any atom is -0.366 e. The number of carbonyl (C=O) groups is 1. The lowest BCUT2D eigenvalue weighted by atomic mass is 10.1. The molecule has 0 aliphatic rings. The molecule has 0 spiro atoms. The van der Waals surface area contributed by atoms with Crippen molar-refractivity contribution in [2.24, 2.45) is 5.73 Å². The molecule has 0 saturated carbocycles. The first-order valence-corrected chi connectivity index (χ1v) is 6.45. The summed E-state index contributed by atoms with van der Waals surface area (Å²) in [7, 11) is 0. The third kappa shape index (κ3) is 2.18. The Hall–Kier alpha value is -2.95. The van der Waals surface area contributed by atoms with Gasteiger partial charge in [0.25, 0.3) is 5.56 Å². The van der Waals surface area contributed by atoms with Crippen LogP contribution in [0.2, 0.25) is 0 Å². The first-order chi connectivity index (χ1) is 10.1. The molecular weight excluding hydrogens is 266 g/mol. The maximum Gasteiger partial charge on any atom is 0.259 e. The Morgan fingerprint density at radius 1 is 1.19 bits per heavy atom. The summed E-state index contributed by atoms with van der Waals surface area (Å²) in [6.07, 6.45) is 1.63. The van der Waals surface area contributed by atoms with E-state index in [9.17, 15) is 9.59 Å². The lowest BCUT2D eigenvalue weighted by molar-refractivity contribution is 0.100. The molecule has 5 heteroatoms. The molecule has 0 aliphatic heterocycles. The summed E-state index contributed by atoms with van der Waals surface area (Å²) in [4.78, 5) is 28.1. The van der Waals surface area contributed by atoms with Crippen LogP contribution in [0.1, 0.15) is 15.9 Å². The van der Waals surface area contributed by atoms with E-state index in [0.717, 1.165) is 5.39 Å². The summed E-state index contributed by atoms with van der Waals surface area (Å²) in [5, 5.41) is 0.860. The number of pyridine rings is 2. The number of aryl methyl sites for hydroxylation is 1. The molecule has 21 heavy (non-hydrogen) atoms. The van der Waals surface area contributed by atoms with Crippen LogP contribution >= 0.6 is 0 Å². The lowest BCUT2D eigenvalue weighted by Crippen LogP contribution is -2.22. The fourth-order valence-electron chi connectivity index (χ4n) is 2.31. The predicted molar refractivity (Wildman–Crippen MR) is 80.6 cm³/mol. The van der Waals surface area contributed by atoms with Gasteiger partial charge in [0.2, 0.25) is 5.91 Å². The van der Waals surface area contributed by atoms with Gasteiger partial charge in [-0.1, -0.05) is 6.07 Å². The minimum atomic E-state index is -0.533. The van der Waals surface area contributed by atoms with E-state index in [0.29, 0.717) is 22.5 Å². The van der Waals surface area contributed by atoms with Gasteiger partial charge in [-0.05, 0) is 43.3 Å². The second kappa shape index (κ2) is 4.86. The smallest absolute Gasteiger partial charge is 0.259 e. The van der Waals surface area contributed by atoms with Crippen LogP contribution in [-0.2, 0) is 0 Å². The molecule has 0 aliphatic carbocycles. The number of nitrogens with two attached hydrogens (primary N) is 1. The molecule has 2 aromatic heterocycles. The van der Waals surface area contributed by atoms with Crippen molar-refractivity contribution >= 4 is 16.9 Å². The van der Waals surface area contributed by atoms with Crippen LogP contribution in [0.3, 0.4) is 0 Å². The number of benzene rings is 1. The number of nitrogens with zero attached hydrogens (tertiary/aromatic N) is 2. The van der Waals surface area contributed by atoms with Gasteiger partial charge in [-0.15, -0.1) is 0 Å². The van der Waals surface area contributed by atoms with Crippen molar-refractivity contribution < 1.29 is 4.79 Å². The van der Waals surface area contributed by atoms with Gasteiger partial charge in [-0.2, -0.15) is 0 Å². The number of carbonyl (C=O) groups excluding carboxylic acids is 1. The second-order valence-corrected chi connectivity index (χ2v) is 4.80. The highest BCUT2D eigenvalue weighted by Gasteiger charge is 2.10. The normalized spacial score (nSPS) is 10.7. The Morgan fingerprint density at radius 2 is 2.00 bits per heavy atom. The average Bonchev–Trinajstić information content (AvgIpc) is 2.48. The Morgan fingerprint density at radius 3 is 2.76 bits per heavy atom. The number of fused-ring (bicyclic) bond motifs is 1. The highest BCUT2D eigenvalue weighted by molar-refractivity contribution is 5.93. The summed E-state index contributed by atoms with van der Waals surface area (Å²) in [5.74, 6) is -0.533. The highest BCUT2D eigenvalue weighted by Crippen LogP contribution is 2.16. The van der Waals surface area contributed by atoms with E-state index in [2.05, 4.69) is 4.98 Å². The maximum absolute atomic E-state index is 12.5. The number of hydrogen-bond donors (Lipinski definition) is 1. The monoisotopic (exact) mass is 279 g/mol. The van der Waals surface area contributed by atoms with Crippen LogP contribution in [0.25, 0.3) is 16.7 Å². The molecule has 0 fully saturated rings. The zero-order chi connectivity index (χ0) is 15.0. The van der Waals surface area contributed by atoms with E-state index in [1.165, 1.54) is 4.57 Å². The molecule has 0 radical (unpaired) electrons. The van der Waals surface area contributed by atoms with Crippen LogP contribution in [0.4, 0.5) is 0 Å². The average molecular weight is 279 g/mol. The van der Waals surface area contributed by atoms with Crippen molar-refractivity contribution in [3.63, 3.8) is 0 Å². The fourth-order valence-corrected chi connectivity index (χ4v) is 2.31. The van der Waals surface area contributed by atoms with Crippen molar-refractivity contribution in [1.82, 2.24) is 9.55 Å². The fraction of sp³-hybridized carbons (Fsp3) is 0.0625. The summed E-state index contributed by atoms with van der Waals surface area (Å²) < 4.78 is 1.50. The highest BCUT2D eigenvalue weighted by atomic mass is 16.1. The van der Waals surface area contributed by atoms with Crippen molar-refractivity contribution in [3.8, 4) is 5.69 Å². The van der Waals surface area contributed by atoms with Gasteiger partial charge >= 0.3 is 0 Å². The van der Waals surface area contributed by atoms with E-state index in [1.54, 1.807) is 43.5 Å². The minimum absolute atomic E-state index is 0.164. The summed E-state index contributed by atoms with van der Waals surface area (Å²) >= 11 is 0. The zero-order valence-electron chi connectivity index (χ0n) is 11.4. The van der Waals surface area contributed by atoms with E-state index in [1.807, 2.05) is 12.1 Å². The van der Waals surface area contributed by atoms with Gasteiger partial charge in [0.15, 0.2) is 0 Å². The molecule has 3 rings (SSSR count). The maximum atomic E-state index is 12.5. The first kappa shape index (κ1) is 13.1. The van der Waals surface area contributed by atoms with E-state index in [4.69, 9.17) is 5.73 Å². The largest absolute Gasteiger partial charge is 0.366 e. The van der Waals surface area contributed by atoms with Crippen molar-refractivity contribution in [2.45, 2.75) is 6.92 Å². The lowest BCUT2D eigenvalue weighted by Gasteiger charge is -2.11. The number of primary amides is 1. The molecule has 1 aromatic carbocycles. The van der Waals surface area contributed by atoms with Crippen molar-refractivity contribution in [3.05, 3.63) is 70.1 Å². The third-order valence-electron chi connectivity index (χ3n) is 3.33. The number of hydrogen-bond acceptors (Lipinski definition) is 3. The number of amides is 1. The molecule has 1 amide bonds. The van der Waals surface area contributed by atoms with Crippen LogP contribution in [0.5, 0.6) is 0 Å². The molecule has 2 N–H and O–H groups in total. The third-order valence-corrected chi connectivity index (χ3v) is 3.33. The van der Waals surface area contributed by atoms with Gasteiger partial charge in [0.1, 0.15) is 5.65 Å². The Kier molecular flexibility index (Phi) is 3.02. The SMILES string of the molecule is Cc1cc2cccnc2n(-c2cccc(C(N)=O)c2)c1=O. The second-order valence-electron chi connectivity index (χ2n) is 4.80. The topological polar surface area (TPSA) is 78.0 Å². The number of aromatic nitrogens is 2. The van der Waals surface area contributed by atoms with Crippen LogP contribution in [-0.4, -0.2) is 15.5 Å². The van der Waals surface area contributed by atoms with Gasteiger partial charge in [0, 0.05) is 22.7 Å². The van der Waals surface area contributed by atoms with Gasteiger partial charge in [0.05, 0.1) is 5.69 Å². The molecule has 0 atom stereocenters. The van der Waals surface area contributed by atoms with Crippen LogP contribution in [0.15, 0.2) is 53.5 Å². The molecule has 104 valence electrons. The van der Waals surface area contributed by atoms with E-state index < -0.39 is 5.91 Å². The van der Waals surface area contributed by atoms with Crippen molar-refractivity contribution in [1.29, 1.82) is 0 Å². The van der Waals surface area contributed by atoms with Crippen molar-refractivity contribution in [2.75, 3.05) is 0 Å². The molecule has 0 saturated heterocycles. The van der Waals surface area contributed by atoms with Crippen LogP contribution in [0, 0.1) is 6.92 Å². The molecule has 2 heterocycles. The summed E-state index contributed by atoms with van der Waals surface area (Å²) in [6.45, 7) is 1.75. The molecule has 0 unspecified atom stereocenters. The zero-order valence-corrected chi connectivity index (χ0v) is 11.4. The van der Waals surface area contributed by atoms with E-state index in [-0.39, 0.29) is 5.56 Å². The standard InChI is InChI=1S/C16H13N3O2/c1-10-8-12-5-3-7-18-15(12)19(16(10)21)13-6-2-4-11(9-13)14(17)20/h2-9H,1H3,(H2,17,20). The van der Waals surface area contributed by atoms with Gasteiger partial charge in [-0.3, -0.25) is 14.2 Å². The van der Waals surface area contributed by atoms with Gasteiger partial charge < -0.3 is 5.73 Å². The van der Waals surface area contributed by atoms with Crippen LogP contribution < -0.4 is 11.3 Å². The Balaban J connectivity index is 2.39. The summed E-state index contributed by atoms with van der Waals surface area (Å²) in [5.41, 5.74) is 7.22. The van der Waals surface area contributed by atoms with Gasteiger partial charge in [-0.25, -0.2) is 4.98 Å². The Labute approximate surface area is 120 Å². The van der Waals surface area contributed by atoms with E-state index >= 15 is 0 Å². The Bertz CT molecular complexity index is 913. The molecule has 3 aromatic rings. The molecule has 0 bridgehead atoms. The quantitative estimate of drug-likeness (QED) is 0.776. The predicted octanol–water partition coefficient (Wildman–Crippen LogP) is 1.79. The number of rotatable bonds is 2.